The SMILES string of the molecule is COCCNCc1cccc(-c2noc(-c3ccc(-c4ccccc4C)c(COC)c3)n2)c1.Cl. The summed E-state index contributed by atoms with van der Waals surface area (Å²) in [5.74, 6) is 1.06. The Kier molecular flexibility index (Phi) is 9.36. The Morgan fingerprint density at radius 2 is 1.74 bits per heavy atom. The van der Waals surface area contributed by atoms with Gasteiger partial charge in [0.25, 0.3) is 5.89 Å². The number of hydrogen-bond acceptors (Lipinski definition) is 6. The summed E-state index contributed by atoms with van der Waals surface area (Å²) in [6.45, 7) is 4.85. The van der Waals surface area contributed by atoms with Crippen molar-refractivity contribution in [2.24, 2.45) is 0 Å². The molecule has 3 aromatic carbocycles. The number of benzene rings is 3. The lowest BCUT2D eigenvalue weighted by atomic mass is 9.94. The van der Waals surface area contributed by atoms with Gasteiger partial charge in [-0.25, -0.2) is 0 Å². The molecule has 0 saturated heterocycles. The van der Waals surface area contributed by atoms with Gasteiger partial charge >= 0.3 is 0 Å². The van der Waals surface area contributed by atoms with Gasteiger partial charge < -0.3 is 19.3 Å². The average molecular weight is 480 g/mol. The molecular formula is C27H30ClN3O3. The smallest absolute Gasteiger partial charge is 0.258 e. The molecule has 0 aliphatic carbocycles. The largest absolute Gasteiger partial charge is 0.383 e. The number of ether oxygens (including phenoxy) is 2. The van der Waals surface area contributed by atoms with Crippen molar-refractivity contribution in [1.82, 2.24) is 15.5 Å². The first-order valence-electron chi connectivity index (χ1n) is 11.0. The molecule has 1 heterocycles. The highest BCUT2D eigenvalue weighted by atomic mass is 35.5. The van der Waals surface area contributed by atoms with Gasteiger partial charge in [0.05, 0.1) is 13.2 Å². The van der Waals surface area contributed by atoms with Crippen molar-refractivity contribution >= 4 is 12.4 Å². The van der Waals surface area contributed by atoms with Crippen LogP contribution in [0.1, 0.15) is 16.7 Å². The molecule has 0 saturated carbocycles. The average Bonchev–Trinajstić information content (AvgIpc) is 3.33. The molecule has 0 radical (unpaired) electrons. The van der Waals surface area contributed by atoms with E-state index in [4.69, 9.17) is 14.0 Å². The minimum atomic E-state index is 0. The van der Waals surface area contributed by atoms with E-state index in [0.29, 0.717) is 24.9 Å². The van der Waals surface area contributed by atoms with E-state index in [1.165, 1.54) is 11.1 Å². The molecule has 0 atom stereocenters. The lowest BCUT2D eigenvalue weighted by Crippen LogP contribution is -2.18. The van der Waals surface area contributed by atoms with Crippen LogP contribution in [0.15, 0.2) is 71.3 Å². The van der Waals surface area contributed by atoms with Crippen LogP contribution in [0.4, 0.5) is 0 Å². The molecule has 7 heteroatoms. The topological polar surface area (TPSA) is 69.4 Å². The Hall–Kier alpha value is -3.03. The fourth-order valence-corrected chi connectivity index (χ4v) is 3.82. The lowest BCUT2D eigenvalue weighted by molar-refractivity contribution is 0.185. The molecule has 178 valence electrons. The zero-order valence-electron chi connectivity index (χ0n) is 19.7. The Morgan fingerprint density at radius 3 is 2.53 bits per heavy atom. The highest BCUT2D eigenvalue weighted by Crippen LogP contribution is 2.31. The van der Waals surface area contributed by atoms with Crippen molar-refractivity contribution in [1.29, 1.82) is 0 Å². The van der Waals surface area contributed by atoms with Crippen LogP contribution in [0, 0.1) is 6.92 Å². The molecule has 34 heavy (non-hydrogen) atoms. The Morgan fingerprint density at radius 1 is 0.882 bits per heavy atom. The summed E-state index contributed by atoms with van der Waals surface area (Å²) in [6, 6.07) is 22.7. The second kappa shape index (κ2) is 12.4. The second-order valence-electron chi connectivity index (χ2n) is 7.91. The van der Waals surface area contributed by atoms with Crippen LogP contribution in [0.5, 0.6) is 0 Å². The maximum Gasteiger partial charge on any atom is 0.258 e. The van der Waals surface area contributed by atoms with Gasteiger partial charge in [-0.15, -0.1) is 12.4 Å². The summed E-state index contributed by atoms with van der Waals surface area (Å²) in [7, 11) is 3.40. The van der Waals surface area contributed by atoms with E-state index < -0.39 is 0 Å². The van der Waals surface area contributed by atoms with Gasteiger partial charge in [0.1, 0.15) is 0 Å². The normalized spacial score (nSPS) is 10.8. The number of nitrogens with one attached hydrogen (secondary N) is 1. The van der Waals surface area contributed by atoms with Crippen molar-refractivity contribution in [2.75, 3.05) is 27.4 Å². The molecule has 0 aliphatic rings. The number of halogens is 1. The third kappa shape index (κ3) is 6.10. The summed E-state index contributed by atoms with van der Waals surface area (Å²) in [4.78, 5) is 4.66. The predicted molar refractivity (Wildman–Crippen MR) is 137 cm³/mol. The van der Waals surface area contributed by atoms with Crippen LogP contribution in [0.3, 0.4) is 0 Å². The fourth-order valence-electron chi connectivity index (χ4n) is 3.82. The highest BCUT2D eigenvalue weighted by molar-refractivity contribution is 5.85. The first-order valence-corrected chi connectivity index (χ1v) is 11.0. The molecule has 0 fully saturated rings. The van der Waals surface area contributed by atoms with E-state index in [2.05, 4.69) is 64.8 Å². The van der Waals surface area contributed by atoms with Crippen LogP contribution in [0.2, 0.25) is 0 Å². The minimum Gasteiger partial charge on any atom is -0.383 e. The zero-order valence-corrected chi connectivity index (χ0v) is 20.5. The van der Waals surface area contributed by atoms with Gasteiger partial charge in [-0.3, -0.25) is 0 Å². The quantitative estimate of drug-likeness (QED) is 0.295. The number of aromatic nitrogens is 2. The monoisotopic (exact) mass is 479 g/mol. The number of hydrogen-bond donors (Lipinski definition) is 1. The van der Waals surface area contributed by atoms with E-state index in [0.717, 1.165) is 40.9 Å². The summed E-state index contributed by atoms with van der Waals surface area (Å²) < 4.78 is 16.2. The zero-order chi connectivity index (χ0) is 23.0. The van der Waals surface area contributed by atoms with Crippen molar-refractivity contribution in [3.63, 3.8) is 0 Å². The summed E-state index contributed by atoms with van der Waals surface area (Å²) in [6.07, 6.45) is 0. The Bertz CT molecular complexity index is 1210. The van der Waals surface area contributed by atoms with Crippen LogP contribution >= 0.6 is 12.4 Å². The first kappa shape index (κ1) is 25.6. The summed E-state index contributed by atoms with van der Waals surface area (Å²) in [5, 5.41) is 7.58. The van der Waals surface area contributed by atoms with Gasteiger partial charge in [-0.1, -0.05) is 53.7 Å². The predicted octanol–water partition coefficient (Wildman–Crippen LogP) is 5.68. The van der Waals surface area contributed by atoms with E-state index in [-0.39, 0.29) is 12.4 Å². The molecule has 0 aliphatic heterocycles. The third-order valence-corrected chi connectivity index (χ3v) is 5.51. The van der Waals surface area contributed by atoms with Crippen molar-refractivity contribution in [3.05, 3.63) is 83.4 Å². The van der Waals surface area contributed by atoms with Gasteiger partial charge in [0.2, 0.25) is 5.82 Å². The van der Waals surface area contributed by atoms with E-state index in [9.17, 15) is 0 Å². The van der Waals surface area contributed by atoms with Crippen molar-refractivity contribution in [3.8, 4) is 34.0 Å². The van der Waals surface area contributed by atoms with E-state index in [1.54, 1.807) is 14.2 Å². The van der Waals surface area contributed by atoms with Crippen molar-refractivity contribution < 1.29 is 14.0 Å². The molecule has 4 aromatic rings. The summed E-state index contributed by atoms with van der Waals surface area (Å²) >= 11 is 0. The molecule has 1 N–H and O–H groups in total. The Balaban J connectivity index is 0.00000324. The standard InChI is InChI=1S/C27H29N3O3.ClH/c1-19-7-4-5-10-24(19)25-12-11-22(16-23(25)18-32-3)27-29-26(30-33-27)21-9-6-8-20(15-21)17-28-13-14-31-2;/h4-12,15-16,28H,13-14,17-18H2,1-3H3;1H. The molecule has 0 bridgehead atoms. The van der Waals surface area contributed by atoms with Gasteiger partial charge in [-0.2, -0.15) is 4.98 Å². The van der Waals surface area contributed by atoms with Gasteiger partial charge in [0, 0.05) is 38.4 Å². The minimum absolute atomic E-state index is 0. The molecule has 0 unspecified atom stereocenters. The maximum atomic E-state index is 5.63. The molecular weight excluding hydrogens is 450 g/mol. The summed E-state index contributed by atoms with van der Waals surface area (Å²) in [5.41, 5.74) is 7.58. The molecule has 0 spiro atoms. The van der Waals surface area contributed by atoms with E-state index in [1.807, 2.05) is 24.3 Å². The molecule has 0 amide bonds. The molecule has 1 aromatic heterocycles. The third-order valence-electron chi connectivity index (χ3n) is 5.51. The van der Waals surface area contributed by atoms with Crippen LogP contribution in [-0.2, 0) is 22.6 Å². The number of methoxy groups -OCH3 is 2. The second-order valence-corrected chi connectivity index (χ2v) is 7.91. The van der Waals surface area contributed by atoms with Crippen molar-refractivity contribution in [2.45, 2.75) is 20.1 Å². The van der Waals surface area contributed by atoms with Crippen LogP contribution < -0.4 is 5.32 Å². The lowest BCUT2D eigenvalue weighted by Gasteiger charge is -2.12. The number of aryl methyl sites for hydroxylation is 1. The van der Waals surface area contributed by atoms with Crippen LogP contribution in [0.25, 0.3) is 34.0 Å². The van der Waals surface area contributed by atoms with E-state index >= 15 is 0 Å². The van der Waals surface area contributed by atoms with Gasteiger partial charge in [0.15, 0.2) is 0 Å². The first-order chi connectivity index (χ1) is 16.2. The number of rotatable bonds is 10. The Labute approximate surface area is 206 Å². The van der Waals surface area contributed by atoms with Crippen LogP contribution in [-0.4, -0.2) is 37.5 Å². The number of nitrogens with zero attached hydrogens (tertiary/aromatic N) is 2. The fraction of sp³-hybridized carbons (Fsp3) is 0.259. The molecule has 6 nitrogen and oxygen atoms in total. The van der Waals surface area contributed by atoms with Gasteiger partial charge in [-0.05, 0) is 52.9 Å². The highest BCUT2D eigenvalue weighted by Gasteiger charge is 2.15. The molecule has 4 rings (SSSR count). The maximum absolute atomic E-state index is 5.63.